The quantitative estimate of drug-likeness (QED) is 0.504. The Morgan fingerprint density at radius 3 is 2.74 bits per heavy atom. The van der Waals surface area contributed by atoms with Crippen molar-refractivity contribution < 1.29 is 0 Å². The summed E-state index contributed by atoms with van der Waals surface area (Å²) in [4.78, 5) is 4.20. The minimum absolute atomic E-state index is 0.180. The highest BCUT2D eigenvalue weighted by molar-refractivity contribution is 5.53. The number of nitrogens with two attached hydrogens (primary N) is 1. The van der Waals surface area contributed by atoms with Crippen LogP contribution in [-0.2, 0) is 0 Å². The Balaban J connectivity index is 1.92. The second kappa shape index (κ2) is 5.67. The molecule has 2 aromatic heterocycles. The van der Waals surface area contributed by atoms with E-state index in [2.05, 4.69) is 15.5 Å². The van der Waals surface area contributed by atoms with Gasteiger partial charge in [-0.2, -0.15) is 5.10 Å². The molecule has 3 rings (SSSR count). The van der Waals surface area contributed by atoms with E-state index in [1.807, 2.05) is 23.1 Å². The predicted molar refractivity (Wildman–Crippen MR) is 74.2 cm³/mol. The molecule has 1 fully saturated rings. The fraction of sp³-hybridized carbons (Fsp3) is 0.571. The van der Waals surface area contributed by atoms with Gasteiger partial charge < -0.3 is 0 Å². The van der Waals surface area contributed by atoms with Crippen LogP contribution in [0.15, 0.2) is 24.8 Å². The molecule has 102 valence electrons. The van der Waals surface area contributed by atoms with Crippen LogP contribution in [-0.4, -0.2) is 14.6 Å². The zero-order valence-corrected chi connectivity index (χ0v) is 11.1. The molecule has 2 heterocycles. The number of hydrazine groups is 1. The highest BCUT2D eigenvalue weighted by atomic mass is 15.3. The van der Waals surface area contributed by atoms with Crippen LogP contribution >= 0.6 is 0 Å². The van der Waals surface area contributed by atoms with Crippen LogP contribution in [0, 0.1) is 5.92 Å². The summed E-state index contributed by atoms with van der Waals surface area (Å²) < 4.78 is 1.86. The summed E-state index contributed by atoms with van der Waals surface area (Å²) in [5, 5.41) is 4.39. The van der Waals surface area contributed by atoms with Gasteiger partial charge in [0.1, 0.15) is 0 Å². The average molecular weight is 259 g/mol. The lowest BCUT2D eigenvalue weighted by atomic mass is 9.88. The molecule has 0 radical (unpaired) electrons. The van der Waals surface area contributed by atoms with Crippen LogP contribution in [0.4, 0.5) is 0 Å². The number of hydrogen-bond acceptors (Lipinski definition) is 4. The van der Waals surface area contributed by atoms with Gasteiger partial charge in [-0.05, 0) is 18.8 Å². The first kappa shape index (κ1) is 12.6. The van der Waals surface area contributed by atoms with Gasteiger partial charge in [-0.25, -0.2) is 4.52 Å². The molecule has 1 atom stereocenters. The maximum Gasteiger partial charge on any atom is 0.0893 e. The number of aromatic nitrogens is 3. The first-order valence-corrected chi connectivity index (χ1v) is 7.13. The van der Waals surface area contributed by atoms with Gasteiger partial charge >= 0.3 is 0 Å². The maximum absolute atomic E-state index is 5.83. The van der Waals surface area contributed by atoms with E-state index in [4.69, 9.17) is 5.84 Å². The van der Waals surface area contributed by atoms with Gasteiger partial charge in [0.15, 0.2) is 0 Å². The first-order valence-electron chi connectivity index (χ1n) is 7.13. The topological polar surface area (TPSA) is 68.2 Å². The van der Waals surface area contributed by atoms with Gasteiger partial charge in [0.25, 0.3) is 0 Å². The average Bonchev–Trinajstić information content (AvgIpc) is 2.69. The molecule has 1 saturated carbocycles. The molecule has 5 heteroatoms. The molecule has 0 spiro atoms. The minimum atomic E-state index is 0.180. The molecule has 0 bridgehead atoms. The molecular weight excluding hydrogens is 238 g/mol. The van der Waals surface area contributed by atoms with Gasteiger partial charge in [0.05, 0.1) is 24.0 Å². The Morgan fingerprint density at radius 2 is 2.00 bits per heavy atom. The van der Waals surface area contributed by atoms with E-state index in [9.17, 15) is 0 Å². The van der Waals surface area contributed by atoms with Gasteiger partial charge in [0.2, 0.25) is 0 Å². The van der Waals surface area contributed by atoms with E-state index >= 15 is 0 Å². The van der Waals surface area contributed by atoms with Gasteiger partial charge in [-0.3, -0.25) is 16.3 Å². The summed E-state index contributed by atoms with van der Waals surface area (Å²) in [5.74, 6) is 6.43. The second-order valence-electron chi connectivity index (χ2n) is 5.40. The number of fused-ring (bicyclic) bond motifs is 1. The van der Waals surface area contributed by atoms with E-state index in [0.29, 0.717) is 5.92 Å². The van der Waals surface area contributed by atoms with Crippen molar-refractivity contribution in [3.63, 3.8) is 0 Å². The lowest BCUT2D eigenvalue weighted by Crippen LogP contribution is -2.33. The van der Waals surface area contributed by atoms with Crippen LogP contribution in [0.25, 0.3) is 5.52 Å². The van der Waals surface area contributed by atoms with Crippen LogP contribution in [0.2, 0.25) is 0 Å². The number of nitrogens with zero attached hydrogens (tertiary/aromatic N) is 3. The van der Waals surface area contributed by atoms with Crippen LogP contribution in [0.5, 0.6) is 0 Å². The maximum atomic E-state index is 5.83. The summed E-state index contributed by atoms with van der Waals surface area (Å²) in [6.45, 7) is 0. The van der Waals surface area contributed by atoms with E-state index in [1.165, 1.54) is 44.1 Å². The third-order valence-electron chi connectivity index (χ3n) is 4.24. The number of hydrogen-bond donors (Lipinski definition) is 2. The molecule has 2 aromatic rings. The molecule has 0 aromatic carbocycles. The summed E-state index contributed by atoms with van der Waals surface area (Å²) in [5.41, 5.74) is 5.23. The molecule has 0 amide bonds. The molecular formula is C14H21N5. The minimum Gasteiger partial charge on any atom is -0.271 e. The van der Waals surface area contributed by atoms with Crippen LogP contribution < -0.4 is 11.3 Å². The monoisotopic (exact) mass is 259 g/mol. The van der Waals surface area contributed by atoms with Crippen LogP contribution in [0.1, 0.15) is 50.1 Å². The van der Waals surface area contributed by atoms with E-state index in [-0.39, 0.29) is 6.04 Å². The third kappa shape index (κ3) is 2.48. The highest BCUT2D eigenvalue weighted by Gasteiger charge is 2.25. The Bertz CT molecular complexity index is 527. The summed E-state index contributed by atoms with van der Waals surface area (Å²) in [6.07, 6.45) is 15.2. The summed E-state index contributed by atoms with van der Waals surface area (Å²) >= 11 is 0. The predicted octanol–water partition coefficient (Wildman–Crippen LogP) is 2.20. The fourth-order valence-electron chi connectivity index (χ4n) is 3.22. The largest absolute Gasteiger partial charge is 0.271 e. The van der Waals surface area contributed by atoms with Crippen molar-refractivity contribution in [2.75, 3.05) is 0 Å². The third-order valence-corrected chi connectivity index (χ3v) is 4.24. The first-order chi connectivity index (χ1) is 9.40. The van der Waals surface area contributed by atoms with Crippen molar-refractivity contribution in [2.45, 2.75) is 44.6 Å². The fourth-order valence-corrected chi connectivity index (χ4v) is 3.22. The molecule has 5 nitrogen and oxygen atoms in total. The second-order valence-corrected chi connectivity index (χ2v) is 5.40. The van der Waals surface area contributed by atoms with Crippen molar-refractivity contribution in [3.05, 3.63) is 30.4 Å². The summed E-state index contributed by atoms with van der Waals surface area (Å²) in [6, 6.07) is 0.180. The molecule has 1 unspecified atom stereocenters. The lowest BCUT2D eigenvalue weighted by molar-refractivity contribution is 0.330. The lowest BCUT2D eigenvalue weighted by Gasteiger charge is -2.24. The molecule has 19 heavy (non-hydrogen) atoms. The Kier molecular flexibility index (Phi) is 3.75. The van der Waals surface area contributed by atoms with E-state index < -0.39 is 0 Å². The van der Waals surface area contributed by atoms with Gasteiger partial charge in [-0.15, -0.1) is 0 Å². The zero-order chi connectivity index (χ0) is 13.1. The van der Waals surface area contributed by atoms with Crippen molar-refractivity contribution in [3.8, 4) is 0 Å². The Hall–Kier alpha value is -1.46. The van der Waals surface area contributed by atoms with Crippen molar-refractivity contribution in [2.24, 2.45) is 11.8 Å². The summed E-state index contributed by atoms with van der Waals surface area (Å²) in [7, 11) is 0. The highest BCUT2D eigenvalue weighted by Crippen LogP contribution is 2.34. The molecule has 1 aliphatic carbocycles. The Morgan fingerprint density at radius 1 is 1.21 bits per heavy atom. The van der Waals surface area contributed by atoms with Gasteiger partial charge in [-0.1, -0.05) is 25.7 Å². The normalized spacial score (nSPS) is 19.4. The van der Waals surface area contributed by atoms with E-state index in [1.54, 1.807) is 6.20 Å². The molecule has 1 aliphatic rings. The van der Waals surface area contributed by atoms with Gasteiger partial charge in [0, 0.05) is 18.0 Å². The van der Waals surface area contributed by atoms with Crippen LogP contribution in [0.3, 0.4) is 0 Å². The molecule has 3 N–H and O–H groups in total. The molecule has 0 saturated heterocycles. The van der Waals surface area contributed by atoms with Crippen molar-refractivity contribution >= 4 is 5.52 Å². The Labute approximate surface area is 113 Å². The standard InChI is InChI=1S/C14H21N5/c15-18-14(11-5-3-1-2-4-6-11)12-9-17-19-8-7-16-10-13(12)19/h7-11,14,18H,1-6,15H2. The van der Waals surface area contributed by atoms with Crippen molar-refractivity contribution in [1.82, 2.24) is 20.0 Å². The number of rotatable bonds is 3. The molecule has 0 aliphatic heterocycles. The zero-order valence-electron chi connectivity index (χ0n) is 11.1. The number of nitrogens with one attached hydrogen (secondary N) is 1. The van der Waals surface area contributed by atoms with E-state index in [0.717, 1.165) is 5.52 Å². The van der Waals surface area contributed by atoms with Crippen molar-refractivity contribution in [1.29, 1.82) is 0 Å². The smallest absolute Gasteiger partial charge is 0.0893 e. The SMILES string of the molecule is NNC(c1cnn2ccncc12)C1CCCCCC1.